The fourth-order valence-electron chi connectivity index (χ4n) is 3.35. The van der Waals surface area contributed by atoms with E-state index in [1.54, 1.807) is 16.8 Å². The molecule has 32 heavy (non-hydrogen) atoms. The van der Waals surface area contributed by atoms with Gasteiger partial charge in [-0.05, 0) is 37.1 Å². The van der Waals surface area contributed by atoms with Crippen LogP contribution in [0.4, 0.5) is 5.69 Å². The molecule has 0 saturated heterocycles. The molecule has 0 atom stereocenters. The summed E-state index contributed by atoms with van der Waals surface area (Å²) in [7, 11) is 0. The van der Waals surface area contributed by atoms with Crippen LogP contribution in [0.1, 0.15) is 20.8 Å². The highest BCUT2D eigenvalue weighted by molar-refractivity contribution is 7.99. The third-order valence-corrected chi connectivity index (χ3v) is 6.73. The Morgan fingerprint density at radius 1 is 1.25 bits per heavy atom. The van der Waals surface area contributed by atoms with Crippen molar-refractivity contribution in [1.29, 1.82) is 0 Å². The van der Waals surface area contributed by atoms with E-state index in [0.717, 1.165) is 10.2 Å². The third kappa shape index (κ3) is 4.63. The summed E-state index contributed by atoms with van der Waals surface area (Å²) in [6, 6.07) is 11.1. The van der Waals surface area contributed by atoms with Crippen molar-refractivity contribution in [3.8, 4) is 5.75 Å². The number of aromatic nitrogens is 3. The molecule has 1 amide bonds. The van der Waals surface area contributed by atoms with Crippen LogP contribution in [-0.4, -0.2) is 32.8 Å². The summed E-state index contributed by atoms with van der Waals surface area (Å²) in [5.74, 6) is 0.814. The molecule has 0 unspecified atom stereocenters. The predicted molar refractivity (Wildman–Crippen MR) is 131 cm³/mol. The highest BCUT2D eigenvalue weighted by Gasteiger charge is 2.18. The number of nitrogens with zero attached hydrogens (tertiary/aromatic N) is 3. The van der Waals surface area contributed by atoms with E-state index in [0.29, 0.717) is 40.0 Å². The van der Waals surface area contributed by atoms with Gasteiger partial charge in [0.25, 0.3) is 5.56 Å². The number of fused-ring (bicyclic) bond motifs is 3. The Hall–Kier alpha value is -2.91. The van der Waals surface area contributed by atoms with Gasteiger partial charge in [0.1, 0.15) is 15.3 Å². The number of pyridine rings is 1. The summed E-state index contributed by atoms with van der Waals surface area (Å²) in [5.41, 5.74) is 1.18. The quantitative estimate of drug-likeness (QED) is 0.296. The van der Waals surface area contributed by atoms with Gasteiger partial charge < -0.3 is 10.1 Å². The van der Waals surface area contributed by atoms with Crippen molar-refractivity contribution in [2.45, 2.75) is 32.5 Å². The van der Waals surface area contributed by atoms with Crippen LogP contribution in [-0.2, 0) is 11.3 Å². The first-order chi connectivity index (χ1) is 15.5. The molecule has 0 aliphatic heterocycles. The van der Waals surface area contributed by atoms with Crippen LogP contribution in [0.5, 0.6) is 5.75 Å². The largest absolute Gasteiger partial charge is 0.492 e. The van der Waals surface area contributed by atoms with Crippen LogP contribution >= 0.6 is 23.1 Å². The SMILES string of the molecule is CCOc1ccccc1NC(=O)CSc1nc2c(sc3ncccc32)c(=O)n1CC(C)C. The van der Waals surface area contributed by atoms with Gasteiger partial charge in [-0.3, -0.25) is 14.2 Å². The average molecular weight is 469 g/mol. The van der Waals surface area contributed by atoms with E-state index in [1.807, 2.05) is 37.3 Å². The summed E-state index contributed by atoms with van der Waals surface area (Å²) in [5, 5.41) is 4.29. The summed E-state index contributed by atoms with van der Waals surface area (Å²) in [6.45, 7) is 7.04. The van der Waals surface area contributed by atoms with Crippen molar-refractivity contribution < 1.29 is 9.53 Å². The molecule has 0 aliphatic carbocycles. The molecule has 166 valence electrons. The van der Waals surface area contributed by atoms with E-state index < -0.39 is 0 Å². The number of carbonyl (C=O) groups is 1. The zero-order valence-electron chi connectivity index (χ0n) is 18.1. The Bertz CT molecular complexity index is 1330. The van der Waals surface area contributed by atoms with Gasteiger partial charge in [0.2, 0.25) is 5.91 Å². The Labute approximate surface area is 193 Å². The van der Waals surface area contributed by atoms with Crippen LogP contribution in [0.3, 0.4) is 0 Å². The molecule has 0 saturated carbocycles. The molecule has 3 heterocycles. The lowest BCUT2D eigenvalue weighted by atomic mass is 10.2. The third-order valence-electron chi connectivity index (χ3n) is 4.66. The van der Waals surface area contributed by atoms with Gasteiger partial charge in [-0.2, -0.15) is 0 Å². The molecule has 9 heteroatoms. The molecule has 0 spiro atoms. The Kier molecular flexibility index (Phi) is 6.76. The molecular weight excluding hydrogens is 444 g/mol. The molecule has 0 bridgehead atoms. The number of carbonyl (C=O) groups excluding carboxylic acids is 1. The number of thiophene rings is 1. The van der Waals surface area contributed by atoms with Crippen LogP contribution in [0.15, 0.2) is 52.5 Å². The smallest absolute Gasteiger partial charge is 0.272 e. The van der Waals surface area contributed by atoms with Crippen LogP contribution in [0.25, 0.3) is 20.4 Å². The zero-order valence-corrected chi connectivity index (χ0v) is 19.8. The maximum Gasteiger partial charge on any atom is 0.272 e. The standard InChI is InChI=1S/C23H24N4O3S2/c1-4-30-17-10-6-5-9-16(17)25-18(28)13-31-23-26-19-15-8-7-11-24-21(15)32-20(19)22(29)27(23)12-14(2)3/h5-11,14H,4,12-13H2,1-3H3,(H,25,28). The fourth-order valence-corrected chi connectivity index (χ4v) is 5.18. The van der Waals surface area contributed by atoms with E-state index in [-0.39, 0.29) is 23.1 Å². The van der Waals surface area contributed by atoms with Crippen molar-refractivity contribution >= 4 is 55.1 Å². The maximum atomic E-state index is 13.3. The number of benzene rings is 1. The molecule has 0 radical (unpaired) electrons. The topological polar surface area (TPSA) is 86.1 Å². The number of para-hydroxylation sites is 2. The Morgan fingerprint density at radius 2 is 2.06 bits per heavy atom. The number of thioether (sulfide) groups is 1. The van der Waals surface area contributed by atoms with Gasteiger partial charge >= 0.3 is 0 Å². The molecule has 7 nitrogen and oxygen atoms in total. The summed E-state index contributed by atoms with van der Waals surface area (Å²) in [4.78, 5) is 35.9. The lowest BCUT2D eigenvalue weighted by molar-refractivity contribution is -0.113. The minimum absolute atomic E-state index is 0.0868. The maximum absolute atomic E-state index is 13.3. The van der Waals surface area contributed by atoms with Crippen LogP contribution < -0.4 is 15.6 Å². The van der Waals surface area contributed by atoms with Gasteiger partial charge in [0.05, 0.1) is 23.6 Å². The van der Waals surface area contributed by atoms with Crippen molar-refractivity contribution in [3.63, 3.8) is 0 Å². The number of anilines is 1. The van der Waals surface area contributed by atoms with E-state index in [4.69, 9.17) is 9.72 Å². The van der Waals surface area contributed by atoms with E-state index >= 15 is 0 Å². The number of hydrogen-bond donors (Lipinski definition) is 1. The molecule has 3 aromatic heterocycles. The molecular formula is C23H24N4O3S2. The normalized spacial score (nSPS) is 11.4. The number of nitrogens with one attached hydrogen (secondary N) is 1. The van der Waals surface area contributed by atoms with Gasteiger partial charge in [0.15, 0.2) is 5.16 Å². The van der Waals surface area contributed by atoms with Gasteiger partial charge in [-0.15, -0.1) is 11.3 Å². The van der Waals surface area contributed by atoms with E-state index in [9.17, 15) is 9.59 Å². The van der Waals surface area contributed by atoms with E-state index in [2.05, 4.69) is 24.1 Å². The zero-order chi connectivity index (χ0) is 22.7. The molecule has 0 fully saturated rings. The predicted octanol–water partition coefficient (Wildman–Crippen LogP) is 4.79. The van der Waals surface area contributed by atoms with Crippen LogP contribution in [0.2, 0.25) is 0 Å². The molecule has 1 N–H and O–H groups in total. The van der Waals surface area contributed by atoms with Crippen molar-refractivity contribution in [3.05, 3.63) is 52.9 Å². The highest BCUT2D eigenvalue weighted by atomic mass is 32.2. The average Bonchev–Trinajstić information content (AvgIpc) is 3.15. The minimum atomic E-state index is -0.190. The monoisotopic (exact) mass is 468 g/mol. The first kappa shape index (κ1) is 22.3. The Morgan fingerprint density at radius 3 is 2.84 bits per heavy atom. The molecule has 4 aromatic rings. The number of amides is 1. The molecule has 1 aromatic carbocycles. The lowest BCUT2D eigenvalue weighted by Gasteiger charge is -2.14. The summed E-state index contributed by atoms with van der Waals surface area (Å²) < 4.78 is 7.85. The minimum Gasteiger partial charge on any atom is -0.492 e. The molecule has 0 aliphatic rings. The Balaban J connectivity index is 1.63. The van der Waals surface area contributed by atoms with Gasteiger partial charge in [-0.25, -0.2) is 9.97 Å². The first-order valence-corrected chi connectivity index (χ1v) is 12.2. The van der Waals surface area contributed by atoms with Crippen molar-refractivity contribution in [2.24, 2.45) is 5.92 Å². The summed E-state index contributed by atoms with van der Waals surface area (Å²) in [6.07, 6.45) is 1.71. The van der Waals surface area contributed by atoms with Crippen molar-refractivity contribution in [2.75, 3.05) is 17.7 Å². The number of hydrogen-bond acceptors (Lipinski definition) is 7. The second-order valence-corrected chi connectivity index (χ2v) is 9.55. The second-order valence-electron chi connectivity index (χ2n) is 7.61. The molecule has 4 rings (SSSR count). The van der Waals surface area contributed by atoms with Crippen LogP contribution in [0, 0.1) is 5.92 Å². The summed E-state index contributed by atoms with van der Waals surface area (Å²) >= 11 is 2.62. The lowest BCUT2D eigenvalue weighted by Crippen LogP contribution is -2.25. The number of ether oxygens (including phenoxy) is 1. The van der Waals surface area contributed by atoms with E-state index in [1.165, 1.54) is 23.1 Å². The number of rotatable bonds is 8. The van der Waals surface area contributed by atoms with Gasteiger partial charge in [0, 0.05) is 18.1 Å². The van der Waals surface area contributed by atoms with Gasteiger partial charge in [-0.1, -0.05) is 37.7 Å². The van der Waals surface area contributed by atoms with Crippen molar-refractivity contribution in [1.82, 2.24) is 14.5 Å². The second kappa shape index (κ2) is 9.70. The fraction of sp³-hybridized carbons (Fsp3) is 0.304. The highest BCUT2D eigenvalue weighted by Crippen LogP contribution is 2.31. The first-order valence-electron chi connectivity index (χ1n) is 10.4.